The molecule has 278 valence electrons. The molecule has 13 heteroatoms. The van der Waals surface area contributed by atoms with Crippen LogP contribution in [-0.4, -0.2) is 46.6 Å². The first kappa shape index (κ1) is 37.4. The van der Waals surface area contributed by atoms with Gasteiger partial charge in [0.25, 0.3) is 5.91 Å². The van der Waals surface area contributed by atoms with Crippen LogP contribution in [0.1, 0.15) is 31.1 Å². The van der Waals surface area contributed by atoms with Gasteiger partial charge in [-0.3, -0.25) is 14.4 Å². The Morgan fingerprint density at radius 3 is 2.12 bits per heavy atom. The fraction of sp³-hybridized carbons (Fsp3) is 0.0465. The van der Waals surface area contributed by atoms with Crippen LogP contribution in [0.4, 0.5) is 5.69 Å². The van der Waals surface area contributed by atoms with Crippen molar-refractivity contribution in [3.05, 3.63) is 160 Å². The number of fused-ring (bicyclic) bond motifs is 2. The minimum atomic E-state index is -3.54. The number of carbonyl (C=O) groups excluding carboxylic acids is 2. The van der Waals surface area contributed by atoms with Crippen LogP contribution in [0.15, 0.2) is 143 Å². The summed E-state index contributed by atoms with van der Waals surface area (Å²) in [5.74, 6) is -1.48. The molecule has 0 unspecified atom stereocenters. The molecule has 0 bridgehead atoms. The van der Waals surface area contributed by atoms with Gasteiger partial charge in [0.1, 0.15) is 17.1 Å². The minimum Gasteiger partial charge on any atom is -0.508 e. The minimum absolute atomic E-state index is 0.0535. The van der Waals surface area contributed by atoms with Crippen molar-refractivity contribution < 1.29 is 33.6 Å². The first-order chi connectivity index (χ1) is 27.1. The molecule has 5 aromatic carbocycles. The second-order valence-electron chi connectivity index (χ2n) is 12.7. The second kappa shape index (κ2) is 15.8. The molecule has 11 nitrogen and oxygen atoms in total. The number of aldehydes is 1. The molecule has 0 radical (unpaired) electrons. The number of carboxylic acids is 1. The van der Waals surface area contributed by atoms with E-state index in [4.69, 9.17) is 16.6 Å². The first-order valence-electron chi connectivity index (χ1n) is 17.3. The molecule has 1 aliphatic heterocycles. The number of anilines is 1. The van der Waals surface area contributed by atoms with Crippen LogP contribution < -0.4 is 37.3 Å². The van der Waals surface area contributed by atoms with Crippen LogP contribution in [-0.2, 0) is 4.57 Å². The number of hydrogen-bond acceptors (Lipinski definition) is 8. The van der Waals surface area contributed by atoms with Gasteiger partial charge in [0, 0.05) is 74.5 Å². The van der Waals surface area contributed by atoms with Gasteiger partial charge in [-0.05, 0) is 66.3 Å². The molecule has 1 aliphatic carbocycles. The van der Waals surface area contributed by atoms with Crippen molar-refractivity contribution in [2.45, 2.75) is 0 Å². The van der Waals surface area contributed by atoms with Crippen LogP contribution in [0.5, 0.6) is 5.75 Å². The molecule has 0 saturated heterocycles. The van der Waals surface area contributed by atoms with Crippen molar-refractivity contribution in [2.24, 2.45) is 0 Å². The van der Waals surface area contributed by atoms with Crippen molar-refractivity contribution in [2.75, 3.05) is 18.4 Å². The number of aromatic carboxylic acids is 1. The van der Waals surface area contributed by atoms with Gasteiger partial charge in [-0.2, -0.15) is 0 Å². The normalized spacial score (nSPS) is 11.2. The molecule has 5 N–H and O–H groups in total. The highest BCUT2D eigenvalue weighted by Gasteiger charge is 2.32. The Morgan fingerprint density at radius 2 is 1.45 bits per heavy atom. The molecule has 56 heavy (non-hydrogen) atoms. The fourth-order valence-electron chi connectivity index (χ4n) is 6.56. The largest absolute Gasteiger partial charge is 0.508 e. The summed E-state index contributed by atoms with van der Waals surface area (Å²) in [4.78, 5) is 50.2. The SMILES string of the molecule is O=Cc1ccc(C(=O)NCCNC(=S)Nc2ccc(-c3c4ccc(=O)cc-4oc4cc(O)ccc34)c(C(=O)O)c2)cc1P(=O)(c1ccccc1)c1ccccc1. The van der Waals surface area contributed by atoms with E-state index in [1.807, 2.05) is 12.1 Å². The monoisotopic (exact) mass is 781 g/mol. The van der Waals surface area contributed by atoms with E-state index in [0.29, 0.717) is 44.7 Å². The predicted octanol–water partition coefficient (Wildman–Crippen LogP) is 6.14. The lowest BCUT2D eigenvalue weighted by Gasteiger charge is -2.22. The summed E-state index contributed by atoms with van der Waals surface area (Å²) in [6, 6.07) is 35.7. The number of amides is 1. The maximum atomic E-state index is 15.0. The fourth-order valence-corrected chi connectivity index (χ4v) is 9.63. The van der Waals surface area contributed by atoms with E-state index in [0.717, 1.165) is 0 Å². The molecule has 2 aliphatic rings. The predicted molar refractivity (Wildman–Crippen MR) is 221 cm³/mol. The summed E-state index contributed by atoms with van der Waals surface area (Å²) in [6.07, 6.45) is 0.638. The van der Waals surface area contributed by atoms with Crippen molar-refractivity contribution in [1.29, 1.82) is 0 Å². The third-order valence-electron chi connectivity index (χ3n) is 9.15. The third-order valence-corrected chi connectivity index (χ3v) is 12.5. The summed E-state index contributed by atoms with van der Waals surface area (Å²) in [6.45, 7) is 0.340. The average molecular weight is 782 g/mol. The Balaban J connectivity index is 1.06. The molecule has 1 heterocycles. The van der Waals surface area contributed by atoms with Crippen LogP contribution >= 0.6 is 19.4 Å². The molecular formula is C43H32N3O8PS. The molecule has 0 atom stereocenters. The van der Waals surface area contributed by atoms with Crippen LogP contribution in [0.3, 0.4) is 0 Å². The Bertz CT molecular complexity index is 2690. The second-order valence-corrected chi connectivity index (χ2v) is 15.8. The molecule has 0 fully saturated rings. The molecule has 7 rings (SSSR count). The Kier molecular flexibility index (Phi) is 10.6. The van der Waals surface area contributed by atoms with Crippen molar-refractivity contribution in [3.63, 3.8) is 0 Å². The number of carboxylic acid groups (broad SMARTS) is 1. The highest BCUT2D eigenvalue weighted by atomic mass is 32.1. The smallest absolute Gasteiger partial charge is 0.336 e. The summed E-state index contributed by atoms with van der Waals surface area (Å²) in [5.41, 5.74) is 2.13. The lowest BCUT2D eigenvalue weighted by molar-refractivity contribution is 0.0697. The number of phenols is 1. The van der Waals surface area contributed by atoms with E-state index >= 15 is 0 Å². The van der Waals surface area contributed by atoms with Gasteiger partial charge >= 0.3 is 5.97 Å². The zero-order valence-electron chi connectivity index (χ0n) is 29.4. The number of hydrogen-bond donors (Lipinski definition) is 5. The van der Waals surface area contributed by atoms with Gasteiger partial charge in [0.15, 0.2) is 24.0 Å². The Hall–Kier alpha value is -6.88. The van der Waals surface area contributed by atoms with Gasteiger partial charge in [0.05, 0.1) is 5.56 Å². The topological polar surface area (TPSA) is 175 Å². The summed E-state index contributed by atoms with van der Waals surface area (Å²) < 4.78 is 20.9. The molecule has 5 aromatic rings. The van der Waals surface area contributed by atoms with Crippen LogP contribution in [0.2, 0.25) is 0 Å². The van der Waals surface area contributed by atoms with Gasteiger partial charge in [-0.1, -0.05) is 72.8 Å². The van der Waals surface area contributed by atoms with Crippen LogP contribution in [0.25, 0.3) is 33.4 Å². The van der Waals surface area contributed by atoms with Gasteiger partial charge in [0.2, 0.25) is 0 Å². The Morgan fingerprint density at radius 1 is 0.768 bits per heavy atom. The standard InChI is InChI=1S/C43H32N3O8PS/c47-25-27-12-11-26(21-39(27)55(53,31-7-3-1-4-8-31)32-9-5-2-6-10-32)41(50)44-19-20-45-43(56)46-28-13-16-33(36(22-28)42(51)52)40-34-17-14-29(48)23-37(34)54-38-24-30(49)15-18-35(38)40/h1-18,21-25,48H,19-20H2,(H,44,50)(H,51,52)(H2,45,46,56). The number of thiocarbonyl (C=S) groups is 1. The third kappa shape index (κ3) is 7.43. The van der Waals surface area contributed by atoms with Crippen molar-refractivity contribution in [3.8, 4) is 28.2 Å². The number of phenolic OH excluding ortho intramolecular Hbond substituents is 1. The number of rotatable bonds is 11. The highest BCUT2D eigenvalue weighted by molar-refractivity contribution is 7.85. The number of nitrogens with one attached hydrogen (secondary N) is 3. The van der Waals surface area contributed by atoms with Crippen molar-refractivity contribution in [1.82, 2.24) is 10.6 Å². The van der Waals surface area contributed by atoms with E-state index in [1.54, 1.807) is 72.8 Å². The number of carbonyl (C=O) groups is 3. The zero-order chi connectivity index (χ0) is 39.4. The highest BCUT2D eigenvalue weighted by Crippen LogP contribution is 2.44. The molecule has 0 saturated carbocycles. The summed E-state index contributed by atoms with van der Waals surface area (Å²) in [5, 5.41) is 31.2. The Labute approximate surface area is 325 Å². The summed E-state index contributed by atoms with van der Waals surface area (Å²) >= 11 is 5.46. The van der Waals surface area contributed by atoms with E-state index in [2.05, 4.69) is 16.0 Å². The molecule has 0 aromatic heterocycles. The zero-order valence-corrected chi connectivity index (χ0v) is 31.1. The molecule has 0 spiro atoms. The number of benzene rings is 6. The van der Waals surface area contributed by atoms with Gasteiger partial charge in [-0.25, -0.2) is 4.79 Å². The lowest BCUT2D eigenvalue weighted by Crippen LogP contribution is -2.37. The van der Waals surface area contributed by atoms with E-state index in [9.17, 15) is 34.0 Å². The lowest BCUT2D eigenvalue weighted by atomic mass is 9.90. The average Bonchev–Trinajstić information content (AvgIpc) is 3.21. The summed E-state index contributed by atoms with van der Waals surface area (Å²) in [7, 11) is -3.54. The number of aromatic hydroxyl groups is 1. The van der Waals surface area contributed by atoms with E-state index in [-0.39, 0.29) is 62.7 Å². The van der Waals surface area contributed by atoms with Crippen molar-refractivity contribution >= 4 is 75.2 Å². The molecule has 1 amide bonds. The quantitative estimate of drug-likeness (QED) is 0.0336. The molecular weight excluding hydrogens is 750 g/mol. The van der Waals surface area contributed by atoms with E-state index < -0.39 is 19.0 Å². The maximum Gasteiger partial charge on any atom is 0.336 e. The maximum absolute atomic E-state index is 15.0. The van der Waals surface area contributed by atoms with Gasteiger partial charge in [-0.15, -0.1) is 0 Å². The van der Waals surface area contributed by atoms with E-state index in [1.165, 1.54) is 48.5 Å². The first-order valence-corrected chi connectivity index (χ1v) is 19.4. The van der Waals surface area contributed by atoms with Crippen LogP contribution in [0, 0.1) is 0 Å². The van der Waals surface area contributed by atoms with Gasteiger partial charge < -0.3 is 35.1 Å².